The van der Waals surface area contributed by atoms with Gasteiger partial charge in [-0.2, -0.15) is 0 Å². The van der Waals surface area contributed by atoms with Crippen molar-refractivity contribution in [2.75, 3.05) is 44.7 Å². The number of hydrogen-bond donors (Lipinski definition) is 1. The van der Waals surface area contributed by atoms with Gasteiger partial charge in [0.05, 0.1) is 19.3 Å². The number of amides is 2. The molecule has 2 aromatic carbocycles. The second kappa shape index (κ2) is 9.23. The van der Waals surface area contributed by atoms with Crippen LogP contribution >= 0.6 is 0 Å². The van der Waals surface area contributed by atoms with Gasteiger partial charge in [-0.05, 0) is 25.1 Å². The number of methoxy groups -OCH3 is 1. The number of carbonyl (C=O) groups excluding carboxylic acids is 3. The zero-order valence-electron chi connectivity index (χ0n) is 16.7. The van der Waals surface area contributed by atoms with Crippen LogP contribution in [0.5, 0.6) is 5.75 Å². The summed E-state index contributed by atoms with van der Waals surface area (Å²) in [6.45, 7) is 4.08. The van der Waals surface area contributed by atoms with Gasteiger partial charge >= 0.3 is 0 Å². The van der Waals surface area contributed by atoms with E-state index < -0.39 is 11.7 Å². The third kappa shape index (κ3) is 4.93. The van der Waals surface area contributed by atoms with Crippen LogP contribution in [-0.4, -0.2) is 62.3 Å². The standard InChI is InChI=1S/C22H25N3O4/c1-16-6-5-7-17(14-16)21(27)22(28)23-15-20(26)25-12-10-24(11-13-25)18-8-3-4-9-19(18)29-2/h3-9,14H,10-13,15H2,1-2H3,(H,23,28). The second-order valence-corrected chi connectivity index (χ2v) is 6.92. The van der Waals surface area contributed by atoms with E-state index in [9.17, 15) is 14.4 Å². The van der Waals surface area contributed by atoms with Gasteiger partial charge in [0.25, 0.3) is 5.91 Å². The number of ketones is 1. The Balaban J connectivity index is 1.50. The lowest BCUT2D eigenvalue weighted by Gasteiger charge is -2.36. The van der Waals surface area contributed by atoms with E-state index >= 15 is 0 Å². The van der Waals surface area contributed by atoms with Gasteiger partial charge in [-0.15, -0.1) is 0 Å². The molecule has 1 saturated heterocycles. The largest absolute Gasteiger partial charge is 0.495 e. The van der Waals surface area contributed by atoms with Crippen molar-refractivity contribution < 1.29 is 19.1 Å². The molecule has 0 saturated carbocycles. The Labute approximate surface area is 170 Å². The molecule has 1 heterocycles. The van der Waals surface area contributed by atoms with Gasteiger partial charge in [0.2, 0.25) is 11.7 Å². The van der Waals surface area contributed by atoms with Crippen molar-refractivity contribution in [1.29, 1.82) is 0 Å². The van der Waals surface area contributed by atoms with Crippen molar-refractivity contribution >= 4 is 23.3 Å². The highest BCUT2D eigenvalue weighted by atomic mass is 16.5. The van der Waals surface area contributed by atoms with Gasteiger partial charge in [-0.1, -0.05) is 35.9 Å². The summed E-state index contributed by atoms with van der Waals surface area (Å²) in [5.41, 5.74) is 2.21. The maximum Gasteiger partial charge on any atom is 0.292 e. The minimum atomic E-state index is -0.767. The third-order valence-corrected chi connectivity index (χ3v) is 4.94. The van der Waals surface area contributed by atoms with E-state index in [1.807, 2.05) is 37.3 Å². The Morgan fingerprint density at radius 1 is 1.00 bits per heavy atom. The molecule has 1 N–H and O–H groups in total. The first-order valence-electron chi connectivity index (χ1n) is 9.54. The molecular weight excluding hydrogens is 370 g/mol. The molecule has 0 spiro atoms. The average Bonchev–Trinajstić information content (AvgIpc) is 2.76. The third-order valence-electron chi connectivity index (χ3n) is 4.94. The van der Waals surface area contributed by atoms with E-state index in [2.05, 4.69) is 10.2 Å². The summed E-state index contributed by atoms with van der Waals surface area (Å²) in [5.74, 6) is -0.802. The number of benzene rings is 2. The van der Waals surface area contributed by atoms with Gasteiger partial charge in [0.1, 0.15) is 5.75 Å². The molecule has 3 rings (SSSR count). The maximum absolute atomic E-state index is 12.4. The summed E-state index contributed by atoms with van der Waals surface area (Å²) < 4.78 is 5.40. The molecule has 0 atom stereocenters. The van der Waals surface area contributed by atoms with Gasteiger partial charge in [0, 0.05) is 31.7 Å². The Hall–Kier alpha value is -3.35. The smallest absolute Gasteiger partial charge is 0.292 e. The molecule has 0 aromatic heterocycles. The van der Waals surface area contributed by atoms with Crippen LogP contribution in [0.25, 0.3) is 0 Å². The Morgan fingerprint density at radius 3 is 2.41 bits per heavy atom. The lowest BCUT2D eigenvalue weighted by molar-refractivity contribution is -0.132. The topological polar surface area (TPSA) is 79.0 Å². The fourth-order valence-corrected chi connectivity index (χ4v) is 3.35. The number of hydrogen-bond acceptors (Lipinski definition) is 5. The summed E-state index contributed by atoms with van der Waals surface area (Å²) in [5, 5.41) is 2.45. The van der Waals surface area contributed by atoms with E-state index in [4.69, 9.17) is 4.74 Å². The number of piperazine rings is 1. The van der Waals surface area contributed by atoms with Gasteiger partial charge in [-0.3, -0.25) is 14.4 Å². The summed E-state index contributed by atoms with van der Waals surface area (Å²) in [6, 6.07) is 14.6. The normalized spacial score (nSPS) is 13.7. The van der Waals surface area contributed by atoms with Crippen LogP contribution in [0, 0.1) is 6.92 Å². The Bertz CT molecular complexity index is 904. The van der Waals surface area contributed by atoms with E-state index in [0.717, 1.165) is 17.0 Å². The molecule has 1 aliphatic heterocycles. The van der Waals surface area contributed by atoms with Crippen LogP contribution in [0.4, 0.5) is 5.69 Å². The summed E-state index contributed by atoms with van der Waals surface area (Å²) in [4.78, 5) is 40.6. The van der Waals surface area contributed by atoms with Gasteiger partial charge in [0.15, 0.2) is 0 Å². The number of carbonyl (C=O) groups is 3. The molecule has 7 heteroatoms. The van der Waals surface area contributed by atoms with E-state index in [-0.39, 0.29) is 12.5 Å². The average molecular weight is 395 g/mol. The molecule has 7 nitrogen and oxygen atoms in total. The SMILES string of the molecule is COc1ccccc1N1CCN(C(=O)CNC(=O)C(=O)c2cccc(C)c2)CC1. The van der Waals surface area contributed by atoms with Gasteiger partial charge in [-0.25, -0.2) is 0 Å². The van der Waals surface area contributed by atoms with Crippen LogP contribution in [0.1, 0.15) is 15.9 Å². The van der Waals surface area contributed by atoms with Crippen LogP contribution in [0.15, 0.2) is 48.5 Å². The molecule has 1 aliphatic rings. The van der Waals surface area contributed by atoms with Crippen molar-refractivity contribution in [3.05, 3.63) is 59.7 Å². The number of ether oxygens (including phenoxy) is 1. The maximum atomic E-state index is 12.4. The molecular formula is C22H25N3O4. The van der Waals surface area contributed by atoms with Crippen LogP contribution in [0.2, 0.25) is 0 Å². The van der Waals surface area contributed by atoms with Crippen molar-refractivity contribution in [2.24, 2.45) is 0 Å². The van der Waals surface area contributed by atoms with Crippen molar-refractivity contribution in [2.45, 2.75) is 6.92 Å². The van der Waals surface area contributed by atoms with Crippen molar-refractivity contribution in [3.63, 3.8) is 0 Å². The first-order valence-corrected chi connectivity index (χ1v) is 9.54. The minimum absolute atomic E-state index is 0.189. The van der Waals surface area contributed by atoms with Crippen molar-refractivity contribution in [3.8, 4) is 5.75 Å². The summed E-state index contributed by atoms with van der Waals surface area (Å²) in [6.07, 6.45) is 0. The van der Waals surface area contributed by atoms with Crippen LogP contribution in [-0.2, 0) is 9.59 Å². The highest BCUT2D eigenvalue weighted by molar-refractivity contribution is 6.43. The highest BCUT2D eigenvalue weighted by Crippen LogP contribution is 2.28. The van der Waals surface area contributed by atoms with Crippen molar-refractivity contribution in [1.82, 2.24) is 10.2 Å². The molecule has 29 heavy (non-hydrogen) atoms. The zero-order valence-corrected chi connectivity index (χ0v) is 16.7. The molecule has 0 aliphatic carbocycles. The Morgan fingerprint density at radius 2 is 1.72 bits per heavy atom. The number of para-hydroxylation sites is 2. The lowest BCUT2D eigenvalue weighted by Crippen LogP contribution is -2.51. The number of nitrogens with one attached hydrogen (secondary N) is 1. The van der Waals surface area contributed by atoms with E-state index in [1.54, 1.807) is 30.2 Å². The first kappa shape index (κ1) is 20.4. The molecule has 1 fully saturated rings. The Kier molecular flexibility index (Phi) is 6.49. The molecule has 2 amide bonds. The predicted octanol–water partition coefficient (Wildman–Crippen LogP) is 1.65. The molecule has 0 bridgehead atoms. The number of rotatable bonds is 6. The second-order valence-electron chi connectivity index (χ2n) is 6.92. The van der Waals surface area contributed by atoms with E-state index in [1.165, 1.54) is 0 Å². The quantitative estimate of drug-likeness (QED) is 0.594. The number of anilines is 1. The highest BCUT2D eigenvalue weighted by Gasteiger charge is 2.24. The number of Topliss-reactive ketones (excluding diaryl/α,β-unsaturated/α-hetero) is 1. The minimum Gasteiger partial charge on any atom is -0.495 e. The predicted molar refractivity (Wildman–Crippen MR) is 110 cm³/mol. The van der Waals surface area contributed by atoms with Gasteiger partial charge < -0.3 is 19.9 Å². The van der Waals surface area contributed by atoms with E-state index in [0.29, 0.717) is 31.7 Å². The summed E-state index contributed by atoms with van der Waals surface area (Å²) in [7, 11) is 1.64. The zero-order chi connectivity index (χ0) is 20.8. The fourth-order valence-electron chi connectivity index (χ4n) is 3.35. The molecule has 152 valence electrons. The lowest BCUT2D eigenvalue weighted by atomic mass is 10.1. The molecule has 0 unspecified atom stereocenters. The fraction of sp³-hybridized carbons (Fsp3) is 0.318. The molecule has 2 aromatic rings. The molecule has 0 radical (unpaired) electrons. The first-order chi connectivity index (χ1) is 14.0. The van der Waals surface area contributed by atoms with Crippen LogP contribution in [0.3, 0.4) is 0 Å². The monoisotopic (exact) mass is 395 g/mol. The van der Waals surface area contributed by atoms with Crippen LogP contribution < -0.4 is 15.0 Å². The number of aryl methyl sites for hydroxylation is 1. The summed E-state index contributed by atoms with van der Waals surface area (Å²) >= 11 is 0. The number of nitrogens with zero attached hydrogens (tertiary/aromatic N) is 2.